The summed E-state index contributed by atoms with van der Waals surface area (Å²) in [6.07, 6.45) is 0. The second kappa shape index (κ2) is 9.64. The third-order valence-corrected chi connectivity index (χ3v) is 6.40. The van der Waals surface area contributed by atoms with Crippen molar-refractivity contribution in [1.82, 2.24) is 14.7 Å². The Kier molecular flexibility index (Phi) is 6.90. The third-order valence-electron chi connectivity index (χ3n) is 5.15. The molecule has 0 bridgehead atoms. The molecule has 1 aliphatic heterocycles. The number of nitrogens with one attached hydrogen (secondary N) is 1. The van der Waals surface area contributed by atoms with Crippen molar-refractivity contribution in [1.29, 1.82) is 0 Å². The molecular weight excluding hydrogens is 535 g/mol. The highest BCUT2D eigenvalue weighted by Gasteiger charge is 2.22. The van der Waals surface area contributed by atoms with Gasteiger partial charge in [0.15, 0.2) is 5.69 Å². The maximum atomic E-state index is 13.6. The molecule has 0 aliphatic carbocycles. The molecule has 3 aromatic rings. The summed E-state index contributed by atoms with van der Waals surface area (Å²) in [6, 6.07) is 8.12. The van der Waals surface area contributed by atoms with E-state index < -0.39 is 11.7 Å². The fraction of sp³-hybridized carbons (Fsp3) is 0.333. The number of methoxy groups -OCH3 is 1. The number of nitrogens with zero attached hydrogens (tertiary/aromatic N) is 3. The molecule has 2 aromatic carbocycles. The smallest absolute Gasteiger partial charge is 0.276 e. The standard InChI is InChI=1S/C21H21Br2FN4O3/c1-30-17-4-2-3-14-18(21(29)25-19-15(22)11-13(24)12-16(19)23)26-28(20(14)17)6-5-27-7-9-31-10-8-27/h2-4,11-12H,5-10H2,1H3,(H,25,29). The summed E-state index contributed by atoms with van der Waals surface area (Å²) in [4.78, 5) is 15.5. The summed E-state index contributed by atoms with van der Waals surface area (Å²) >= 11 is 6.60. The Hall–Kier alpha value is -2.01. The molecule has 2 heterocycles. The van der Waals surface area contributed by atoms with Gasteiger partial charge in [0.25, 0.3) is 5.91 Å². The zero-order valence-electron chi connectivity index (χ0n) is 16.8. The van der Waals surface area contributed by atoms with Crippen LogP contribution in [-0.2, 0) is 11.3 Å². The summed E-state index contributed by atoms with van der Waals surface area (Å²) in [7, 11) is 1.60. The van der Waals surface area contributed by atoms with E-state index in [1.807, 2.05) is 22.9 Å². The second-order valence-corrected chi connectivity index (χ2v) is 8.79. The first kappa shape index (κ1) is 22.2. The number of halogens is 3. The average Bonchev–Trinajstić information content (AvgIpc) is 3.14. The lowest BCUT2D eigenvalue weighted by Gasteiger charge is -2.26. The van der Waals surface area contributed by atoms with Crippen LogP contribution in [0, 0.1) is 5.82 Å². The highest BCUT2D eigenvalue weighted by Crippen LogP contribution is 2.33. The number of ether oxygens (including phenoxy) is 2. The van der Waals surface area contributed by atoms with Gasteiger partial charge in [-0.15, -0.1) is 0 Å². The van der Waals surface area contributed by atoms with E-state index in [1.165, 1.54) is 12.1 Å². The summed E-state index contributed by atoms with van der Waals surface area (Å²) in [5.41, 5.74) is 1.48. The Morgan fingerprint density at radius 3 is 2.61 bits per heavy atom. The number of hydrogen-bond donors (Lipinski definition) is 1. The topological polar surface area (TPSA) is 68.6 Å². The van der Waals surface area contributed by atoms with Gasteiger partial charge in [-0.2, -0.15) is 5.10 Å². The number of aromatic nitrogens is 2. The molecule has 1 amide bonds. The van der Waals surface area contributed by atoms with Crippen molar-refractivity contribution in [3.63, 3.8) is 0 Å². The van der Waals surface area contributed by atoms with Crippen LogP contribution in [0.4, 0.5) is 10.1 Å². The lowest BCUT2D eigenvalue weighted by Crippen LogP contribution is -2.38. The van der Waals surface area contributed by atoms with Gasteiger partial charge in [-0.3, -0.25) is 14.4 Å². The molecule has 1 aromatic heterocycles. The predicted octanol–water partition coefficient (Wildman–Crippen LogP) is 4.29. The van der Waals surface area contributed by atoms with Gasteiger partial charge < -0.3 is 14.8 Å². The Morgan fingerprint density at radius 1 is 1.23 bits per heavy atom. The Balaban J connectivity index is 1.66. The molecule has 0 saturated carbocycles. The average molecular weight is 556 g/mol. The van der Waals surface area contributed by atoms with Crippen molar-refractivity contribution < 1.29 is 18.7 Å². The number of benzene rings is 2. The molecule has 0 spiro atoms. The lowest BCUT2D eigenvalue weighted by atomic mass is 10.2. The van der Waals surface area contributed by atoms with E-state index in [0.717, 1.165) is 38.4 Å². The maximum Gasteiger partial charge on any atom is 0.276 e. The molecule has 7 nitrogen and oxygen atoms in total. The van der Waals surface area contributed by atoms with Gasteiger partial charge in [0.1, 0.15) is 17.1 Å². The fourth-order valence-electron chi connectivity index (χ4n) is 3.59. The summed E-state index contributed by atoms with van der Waals surface area (Å²) < 4.78 is 27.2. The minimum atomic E-state index is -0.417. The van der Waals surface area contributed by atoms with Crippen LogP contribution in [0.25, 0.3) is 10.9 Å². The molecule has 1 fully saturated rings. The molecular formula is C21H21Br2FN4O3. The van der Waals surface area contributed by atoms with Crippen molar-refractivity contribution in [3.8, 4) is 5.75 Å². The second-order valence-electron chi connectivity index (χ2n) is 7.08. The monoisotopic (exact) mass is 554 g/mol. The van der Waals surface area contributed by atoms with Crippen molar-refractivity contribution in [3.05, 3.63) is 50.8 Å². The number of hydrogen-bond acceptors (Lipinski definition) is 5. The zero-order chi connectivity index (χ0) is 22.0. The van der Waals surface area contributed by atoms with Gasteiger partial charge in [-0.1, -0.05) is 12.1 Å². The Morgan fingerprint density at radius 2 is 1.94 bits per heavy atom. The number of carbonyl (C=O) groups excluding carboxylic acids is 1. The third kappa shape index (κ3) is 4.77. The predicted molar refractivity (Wildman–Crippen MR) is 123 cm³/mol. The van der Waals surface area contributed by atoms with Crippen molar-refractivity contribution in [2.45, 2.75) is 6.54 Å². The van der Waals surface area contributed by atoms with Crippen molar-refractivity contribution >= 4 is 54.4 Å². The fourth-order valence-corrected chi connectivity index (χ4v) is 4.92. The molecule has 0 radical (unpaired) electrons. The van der Waals surface area contributed by atoms with E-state index in [4.69, 9.17) is 9.47 Å². The maximum absolute atomic E-state index is 13.6. The van der Waals surface area contributed by atoms with Crippen LogP contribution in [-0.4, -0.2) is 60.5 Å². The van der Waals surface area contributed by atoms with Gasteiger partial charge in [-0.05, 0) is 50.1 Å². The van der Waals surface area contributed by atoms with Gasteiger partial charge in [-0.25, -0.2) is 4.39 Å². The minimum Gasteiger partial charge on any atom is -0.494 e. The van der Waals surface area contributed by atoms with Crippen LogP contribution in [0.1, 0.15) is 10.5 Å². The van der Waals surface area contributed by atoms with Gasteiger partial charge >= 0.3 is 0 Å². The van der Waals surface area contributed by atoms with E-state index in [0.29, 0.717) is 32.3 Å². The van der Waals surface area contributed by atoms with Crippen molar-refractivity contribution in [2.24, 2.45) is 0 Å². The highest BCUT2D eigenvalue weighted by molar-refractivity contribution is 9.11. The number of rotatable bonds is 6. The number of anilines is 1. The number of amides is 1. The lowest BCUT2D eigenvalue weighted by molar-refractivity contribution is 0.0361. The quantitative estimate of drug-likeness (QED) is 0.491. The van der Waals surface area contributed by atoms with E-state index in [2.05, 4.69) is 47.2 Å². The molecule has 4 rings (SSSR count). The molecule has 31 heavy (non-hydrogen) atoms. The van der Waals surface area contributed by atoms with Crippen LogP contribution in [0.3, 0.4) is 0 Å². The van der Waals surface area contributed by atoms with E-state index >= 15 is 0 Å². The van der Waals surface area contributed by atoms with Crippen molar-refractivity contribution in [2.75, 3.05) is 45.3 Å². The Bertz CT molecular complexity index is 1090. The SMILES string of the molecule is COc1cccc2c(C(=O)Nc3c(Br)cc(F)cc3Br)nn(CCN3CCOCC3)c12. The van der Waals surface area contributed by atoms with Gasteiger partial charge in [0.2, 0.25) is 0 Å². The number of para-hydroxylation sites is 1. The van der Waals surface area contributed by atoms with Crippen LogP contribution in [0.2, 0.25) is 0 Å². The van der Waals surface area contributed by atoms with E-state index in [-0.39, 0.29) is 5.69 Å². The summed E-state index contributed by atoms with van der Waals surface area (Å²) in [5, 5.41) is 8.13. The molecule has 1 aliphatic rings. The van der Waals surface area contributed by atoms with Crippen LogP contribution in [0.5, 0.6) is 5.75 Å². The minimum absolute atomic E-state index is 0.277. The number of morpholine rings is 1. The van der Waals surface area contributed by atoms with Crippen LogP contribution >= 0.6 is 31.9 Å². The van der Waals surface area contributed by atoms with E-state index in [9.17, 15) is 9.18 Å². The molecule has 0 atom stereocenters. The molecule has 1 saturated heterocycles. The highest BCUT2D eigenvalue weighted by atomic mass is 79.9. The van der Waals surface area contributed by atoms with Crippen LogP contribution in [0.15, 0.2) is 39.3 Å². The Labute approximate surface area is 195 Å². The molecule has 164 valence electrons. The first-order chi connectivity index (χ1) is 15.0. The number of fused-ring (bicyclic) bond motifs is 1. The zero-order valence-corrected chi connectivity index (χ0v) is 20.0. The van der Waals surface area contributed by atoms with E-state index in [1.54, 1.807) is 7.11 Å². The first-order valence-electron chi connectivity index (χ1n) is 9.77. The molecule has 10 heteroatoms. The van der Waals surface area contributed by atoms with Gasteiger partial charge in [0, 0.05) is 34.0 Å². The molecule has 0 unspecified atom stereocenters. The summed E-state index contributed by atoms with van der Waals surface area (Å²) in [5.74, 6) is -0.161. The normalized spacial score (nSPS) is 14.7. The first-order valence-corrected chi connectivity index (χ1v) is 11.4. The molecule has 1 N–H and O–H groups in total. The largest absolute Gasteiger partial charge is 0.494 e. The number of carbonyl (C=O) groups is 1. The summed E-state index contributed by atoms with van der Waals surface area (Å²) in [6.45, 7) is 4.57. The van der Waals surface area contributed by atoms with Gasteiger partial charge in [0.05, 0.1) is 32.6 Å². The van der Waals surface area contributed by atoms with Crippen LogP contribution < -0.4 is 10.1 Å².